The Hall–Kier alpha value is -1.75. The summed E-state index contributed by atoms with van der Waals surface area (Å²) in [5.74, 6) is 1.00. The van der Waals surface area contributed by atoms with Gasteiger partial charge in [-0.25, -0.2) is 4.79 Å². The number of carbonyl (C=O) groups excluding carboxylic acids is 1. The van der Waals surface area contributed by atoms with Gasteiger partial charge in [0.05, 0.1) is 0 Å². The summed E-state index contributed by atoms with van der Waals surface area (Å²) in [5, 5.41) is 2.81. The van der Waals surface area contributed by atoms with Crippen molar-refractivity contribution in [2.75, 3.05) is 13.1 Å². The Morgan fingerprint density at radius 2 is 2.12 bits per heavy atom. The zero-order valence-corrected chi connectivity index (χ0v) is 15.4. The average molecular weight is 334 g/mol. The van der Waals surface area contributed by atoms with E-state index < -0.39 is 11.7 Å². The first-order chi connectivity index (χ1) is 11.1. The van der Waals surface area contributed by atoms with Gasteiger partial charge in [-0.15, -0.1) is 0 Å². The van der Waals surface area contributed by atoms with Gasteiger partial charge in [-0.3, -0.25) is 0 Å². The highest BCUT2D eigenvalue weighted by Gasteiger charge is 2.27. The normalized spacial score (nSPS) is 17.4. The first-order valence-corrected chi connectivity index (χ1v) is 8.58. The van der Waals surface area contributed by atoms with E-state index in [4.69, 9.17) is 15.2 Å². The number of hydrogen-bond acceptors (Lipinski definition) is 4. The molecule has 0 saturated heterocycles. The Balaban J connectivity index is 2.02. The van der Waals surface area contributed by atoms with Crippen LogP contribution in [0.4, 0.5) is 4.79 Å². The maximum Gasteiger partial charge on any atom is 0.407 e. The van der Waals surface area contributed by atoms with Crippen molar-refractivity contribution in [1.29, 1.82) is 0 Å². The number of benzene rings is 1. The predicted molar refractivity (Wildman–Crippen MR) is 95.5 cm³/mol. The fourth-order valence-electron chi connectivity index (χ4n) is 2.79. The largest absolute Gasteiger partial charge is 0.488 e. The van der Waals surface area contributed by atoms with Crippen LogP contribution in [0.2, 0.25) is 0 Å². The van der Waals surface area contributed by atoms with Crippen LogP contribution in [-0.2, 0) is 11.2 Å². The molecule has 0 radical (unpaired) electrons. The van der Waals surface area contributed by atoms with Crippen molar-refractivity contribution < 1.29 is 14.3 Å². The van der Waals surface area contributed by atoms with Crippen molar-refractivity contribution in [2.45, 2.75) is 64.6 Å². The quantitative estimate of drug-likeness (QED) is 0.885. The second kappa shape index (κ2) is 7.01. The lowest BCUT2D eigenvalue weighted by Gasteiger charge is -2.33. The number of carbonyl (C=O) groups is 1. The minimum atomic E-state index is -0.502. The summed E-state index contributed by atoms with van der Waals surface area (Å²) >= 11 is 0. The summed E-state index contributed by atoms with van der Waals surface area (Å²) in [4.78, 5) is 11.8. The predicted octanol–water partition coefficient (Wildman–Crippen LogP) is 3.36. The summed E-state index contributed by atoms with van der Waals surface area (Å²) in [5.41, 5.74) is 7.63. The summed E-state index contributed by atoms with van der Waals surface area (Å²) in [6, 6.07) is 6.20. The Kier molecular flexibility index (Phi) is 5.43. The van der Waals surface area contributed by atoms with Gasteiger partial charge < -0.3 is 20.5 Å². The smallest absolute Gasteiger partial charge is 0.407 e. The van der Waals surface area contributed by atoms with Gasteiger partial charge in [0.25, 0.3) is 0 Å². The molecule has 0 saturated carbocycles. The number of hydrogen-bond donors (Lipinski definition) is 2. The van der Waals surface area contributed by atoms with E-state index in [0.717, 1.165) is 24.2 Å². The van der Waals surface area contributed by atoms with Crippen molar-refractivity contribution >= 4 is 6.09 Å². The molecule has 5 heteroatoms. The van der Waals surface area contributed by atoms with E-state index in [2.05, 4.69) is 25.2 Å². The summed E-state index contributed by atoms with van der Waals surface area (Å²) < 4.78 is 11.3. The molecule has 0 fully saturated rings. The molecule has 2 rings (SSSR count). The molecule has 1 aliphatic rings. The molecule has 0 aliphatic carbocycles. The van der Waals surface area contributed by atoms with Crippen molar-refractivity contribution in [2.24, 2.45) is 5.73 Å². The topological polar surface area (TPSA) is 73.6 Å². The molecule has 1 aromatic carbocycles. The average Bonchev–Trinajstić information content (AvgIpc) is 2.45. The van der Waals surface area contributed by atoms with Gasteiger partial charge in [-0.2, -0.15) is 0 Å². The van der Waals surface area contributed by atoms with Crippen LogP contribution in [0.5, 0.6) is 5.75 Å². The van der Waals surface area contributed by atoms with Gasteiger partial charge >= 0.3 is 6.09 Å². The fraction of sp³-hybridized carbons (Fsp3) is 0.632. The number of nitrogens with two attached hydrogens (primary N) is 1. The lowest BCUT2D eigenvalue weighted by atomic mass is 9.90. The van der Waals surface area contributed by atoms with Crippen LogP contribution in [0.25, 0.3) is 0 Å². The Morgan fingerprint density at radius 1 is 1.42 bits per heavy atom. The first kappa shape index (κ1) is 18.6. The standard InChI is InChI=1S/C19H30N2O3/c1-18(2,3)24-17(22)21-12-15(11-20)13-6-7-16-14(10-13)8-9-19(4,5)23-16/h6-7,10,15H,8-9,11-12,20H2,1-5H3,(H,21,22). The Bertz CT molecular complexity index is 591. The van der Waals surface area contributed by atoms with E-state index in [1.807, 2.05) is 32.9 Å². The molecule has 0 spiro atoms. The van der Waals surface area contributed by atoms with Crippen LogP contribution in [-0.4, -0.2) is 30.4 Å². The van der Waals surface area contributed by atoms with Crippen LogP contribution in [0.1, 0.15) is 58.1 Å². The van der Waals surface area contributed by atoms with Gasteiger partial charge in [0.1, 0.15) is 17.0 Å². The van der Waals surface area contributed by atoms with Crippen LogP contribution >= 0.6 is 0 Å². The molecule has 3 N–H and O–H groups in total. The minimum absolute atomic E-state index is 0.0535. The number of ether oxygens (including phenoxy) is 2. The van der Waals surface area contributed by atoms with Crippen molar-refractivity contribution in [3.63, 3.8) is 0 Å². The SMILES string of the molecule is CC(C)(C)OC(=O)NCC(CN)c1ccc2c(c1)CCC(C)(C)O2. The maximum absolute atomic E-state index is 11.8. The zero-order chi connectivity index (χ0) is 18.0. The molecule has 1 amide bonds. The van der Waals surface area contributed by atoms with Crippen molar-refractivity contribution in [1.82, 2.24) is 5.32 Å². The third kappa shape index (κ3) is 5.13. The van der Waals surface area contributed by atoms with Crippen molar-refractivity contribution in [3.05, 3.63) is 29.3 Å². The summed E-state index contributed by atoms with van der Waals surface area (Å²) in [7, 11) is 0. The van der Waals surface area contributed by atoms with Gasteiger partial charge in [0.2, 0.25) is 0 Å². The van der Waals surface area contributed by atoms with Gasteiger partial charge in [-0.05, 0) is 64.7 Å². The highest BCUT2D eigenvalue weighted by Crippen LogP contribution is 2.34. The Labute approximate surface area is 144 Å². The number of fused-ring (bicyclic) bond motifs is 1. The monoisotopic (exact) mass is 334 g/mol. The molecule has 5 nitrogen and oxygen atoms in total. The fourth-order valence-corrected chi connectivity index (χ4v) is 2.79. The van der Waals surface area contributed by atoms with E-state index in [1.165, 1.54) is 5.56 Å². The van der Waals surface area contributed by atoms with Crippen LogP contribution in [0.3, 0.4) is 0 Å². The molecule has 1 heterocycles. The third-order valence-corrected chi connectivity index (χ3v) is 4.11. The molecule has 1 aromatic rings. The second-order valence-electron chi connectivity index (χ2n) is 8.04. The lowest BCUT2D eigenvalue weighted by Crippen LogP contribution is -2.36. The molecule has 1 atom stereocenters. The summed E-state index contributed by atoms with van der Waals surface area (Å²) in [6.45, 7) is 10.7. The van der Waals surface area contributed by atoms with E-state index in [0.29, 0.717) is 13.1 Å². The highest BCUT2D eigenvalue weighted by molar-refractivity contribution is 5.67. The minimum Gasteiger partial charge on any atom is -0.488 e. The number of nitrogens with one attached hydrogen (secondary N) is 1. The van der Waals surface area contributed by atoms with Crippen molar-refractivity contribution in [3.8, 4) is 5.75 Å². The Morgan fingerprint density at radius 3 is 2.75 bits per heavy atom. The van der Waals surface area contributed by atoms with Gasteiger partial charge in [0.15, 0.2) is 0 Å². The van der Waals surface area contributed by atoms with E-state index in [9.17, 15) is 4.79 Å². The van der Waals surface area contributed by atoms with E-state index in [1.54, 1.807) is 0 Å². The number of alkyl carbamates (subject to hydrolysis) is 1. The molecular formula is C19H30N2O3. The molecule has 0 aromatic heterocycles. The van der Waals surface area contributed by atoms with E-state index in [-0.39, 0.29) is 11.5 Å². The van der Waals surface area contributed by atoms with E-state index >= 15 is 0 Å². The highest BCUT2D eigenvalue weighted by atomic mass is 16.6. The molecule has 1 unspecified atom stereocenters. The molecular weight excluding hydrogens is 304 g/mol. The third-order valence-electron chi connectivity index (χ3n) is 4.11. The molecule has 1 aliphatic heterocycles. The number of aryl methyl sites for hydroxylation is 1. The number of amides is 1. The first-order valence-electron chi connectivity index (χ1n) is 8.58. The molecule has 24 heavy (non-hydrogen) atoms. The zero-order valence-electron chi connectivity index (χ0n) is 15.4. The molecule has 0 bridgehead atoms. The second-order valence-corrected chi connectivity index (χ2v) is 8.04. The summed E-state index contributed by atoms with van der Waals surface area (Å²) in [6.07, 6.45) is 1.57. The lowest BCUT2D eigenvalue weighted by molar-refractivity contribution is 0.0524. The van der Waals surface area contributed by atoms with Crippen LogP contribution in [0, 0.1) is 0 Å². The maximum atomic E-state index is 11.8. The van der Waals surface area contributed by atoms with Crippen LogP contribution < -0.4 is 15.8 Å². The van der Waals surface area contributed by atoms with Crippen LogP contribution in [0.15, 0.2) is 18.2 Å². The number of rotatable bonds is 4. The van der Waals surface area contributed by atoms with Gasteiger partial charge in [-0.1, -0.05) is 12.1 Å². The van der Waals surface area contributed by atoms with Gasteiger partial charge in [0, 0.05) is 19.0 Å². The molecule has 134 valence electrons.